The quantitative estimate of drug-likeness (QED) is 0.593. The Hall–Kier alpha value is -3.12. The highest BCUT2D eigenvalue weighted by Gasteiger charge is 2.16. The topological polar surface area (TPSA) is 75.3 Å². The lowest BCUT2D eigenvalue weighted by molar-refractivity contribution is 0.0940. The molecule has 0 aliphatic rings. The van der Waals surface area contributed by atoms with E-state index in [1.165, 1.54) is 5.56 Å². The van der Waals surface area contributed by atoms with E-state index in [2.05, 4.69) is 16.1 Å². The van der Waals surface area contributed by atoms with Crippen molar-refractivity contribution in [3.8, 4) is 0 Å². The van der Waals surface area contributed by atoms with Crippen molar-refractivity contribution < 1.29 is 13.2 Å². The molecule has 0 fully saturated rings. The Bertz CT molecular complexity index is 1150. The summed E-state index contributed by atoms with van der Waals surface area (Å²) in [4.78, 5) is 12.8. The minimum atomic E-state index is -3.68. The van der Waals surface area contributed by atoms with Crippen molar-refractivity contribution in [2.45, 2.75) is 38.6 Å². The first-order valence-electron chi connectivity index (χ1n) is 9.73. The van der Waals surface area contributed by atoms with Crippen LogP contribution in [0.2, 0.25) is 0 Å². The standard InChI is InChI=1S/C24H26N2O3S/c1-16-5-12-22(13-6-16)30(28,29)26-21-10-8-20(9-11-21)24(27)25-19(4)23-14-7-17(2)15-18(23)3/h5-15,19,26H,1-4H3,(H,25,27)/t19-/m1/s1. The second-order valence-electron chi connectivity index (χ2n) is 7.55. The van der Waals surface area contributed by atoms with Gasteiger partial charge in [-0.1, -0.05) is 41.5 Å². The van der Waals surface area contributed by atoms with Crippen molar-refractivity contribution in [1.29, 1.82) is 0 Å². The number of aryl methyl sites for hydroxylation is 3. The minimum absolute atomic E-state index is 0.141. The van der Waals surface area contributed by atoms with Crippen molar-refractivity contribution in [2.75, 3.05) is 4.72 Å². The second-order valence-corrected chi connectivity index (χ2v) is 9.23. The van der Waals surface area contributed by atoms with Crippen molar-refractivity contribution in [3.05, 3.63) is 94.5 Å². The molecular weight excluding hydrogens is 396 g/mol. The highest BCUT2D eigenvalue weighted by atomic mass is 32.2. The van der Waals surface area contributed by atoms with Gasteiger partial charge in [-0.15, -0.1) is 0 Å². The molecule has 30 heavy (non-hydrogen) atoms. The molecule has 0 saturated carbocycles. The van der Waals surface area contributed by atoms with Gasteiger partial charge in [0.1, 0.15) is 0 Å². The summed E-state index contributed by atoms with van der Waals surface area (Å²) < 4.78 is 27.5. The van der Waals surface area contributed by atoms with Gasteiger partial charge in [0.05, 0.1) is 10.9 Å². The Morgan fingerprint density at radius 3 is 2.03 bits per heavy atom. The molecule has 0 unspecified atom stereocenters. The molecule has 3 aromatic rings. The van der Waals surface area contributed by atoms with E-state index in [1.807, 2.05) is 39.8 Å². The SMILES string of the molecule is Cc1ccc(S(=O)(=O)Nc2ccc(C(=O)N[C@H](C)c3ccc(C)cc3C)cc2)cc1. The van der Waals surface area contributed by atoms with Gasteiger partial charge < -0.3 is 5.32 Å². The third-order valence-corrected chi connectivity index (χ3v) is 6.37. The van der Waals surface area contributed by atoms with Gasteiger partial charge in [-0.05, 0) is 75.2 Å². The number of hydrogen-bond acceptors (Lipinski definition) is 3. The molecule has 5 nitrogen and oxygen atoms in total. The van der Waals surface area contributed by atoms with Crippen molar-refractivity contribution in [2.24, 2.45) is 0 Å². The van der Waals surface area contributed by atoms with Crippen molar-refractivity contribution in [1.82, 2.24) is 5.32 Å². The van der Waals surface area contributed by atoms with E-state index in [-0.39, 0.29) is 16.8 Å². The Morgan fingerprint density at radius 1 is 0.833 bits per heavy atom. The maximum absolute atomic E-state index is 12.6. The summed E-state index contributed by atoms with van der Waals surface area (Å²) >= 11 is 0. The summed E-state index contributed by atoms with van der Waals surface area (Å²) in [5.74, 6) is -0.213. The summed E-state index contributed by atoms with van der Waals surface area (Å²) in [6, 6.07) is 19.0. The number of rotatable bonds is 6. The lowest BCUT2D eigenvalue weighted by Crippen LogP contribution is -2.27. The van der Waals surface area contributed by atoms with Crippen molar-refractivity contribution >= 4 is 21.6 Å². The zero-order valence-electron chi connectivity index (χ0n) is 17.6. The molecule has 3 rings (SSSR count). The van der Waals surface area contributed by atoms with Crippen LogP contribution in [0.4, 0.5) is 5.69 Å². The molecule has 6 heteroatoms. The zero-order chi connectivity index (χ0) is 21.9. The van der Waals surface area contributed by atoms with Crippen LogP contribution in [0.5, 0.6) is 0 Å². The molecule has 3 aromatic carbocycles. The molecule has 0 aromatic heterocycles. The number of anilines is 1. The van der Waals surface area contributed by atoms with Gasteiger partial charge in [-0.3, -0.25) is 9.52 Å². The van der Waals surface area contributed by atoms with Gasteiger partial charge in [-0.2, -0.15) is 0 Å². The van der Waals surface area contributed by atoms with Crippen LogP contribution < -0.4 is 10.0 Å². The fourth-order valence-electron chi connectivity index (χ4n) is 3.29. The van der Waals surface area contributed by atoms with Crippen molar-refractivity contribution in [3.63, 3.8) is 0 Å². The highest BCUT2D eigenvalue weighted by molar-refractivity contribution is 7.92. The number of benzene rings is 3. The smallest absolute Gasteiger partial charge is 0.261 e. The van der Waals surface area contributed by atoms with E-state index < -0.39 is 10.0 Å². The van der Waals surface area contributed by atoms with Crippen LogP contribution in [0.1, 0.15) is 45.6 Å². The zero-order valence-corrected chi connectivity index (χ0v) is 18.4. The lowest BCUT2D eigenvalue weighted by Gasteiger charge is -2.17. The van der Waals surface area contributed by atoms with Gasteiger partial charge in [0.15, 0.2) is 0 Å². The van der Waals surface area contributed by atoms with E-state index in [0.717, 1.165) is 16.7 Å². The van der Waals surface area contributed by atoms with E-state index in [0.29, 0.717) is 11.3 Å². The average molecular weight is 423 g/mol. The molecule has 0 spiro atoms. The molecule has 156 valence electrons. The van der Waals surface area contributed by atoms with Crippen LogP contribution in [0.25, 0.3) is 0 Å². The summed E-state index contributed by atoms with van der Waals surface area (Å²) in [6.07, 6.45) is 0. The van der Waals surface area contributed by atoms with Gasteiger partial charge in [0.25, 0.3) is 15.9 Å². The van der Waals surface area contributed by atoms with Gasteiger partial charge >= 0.3 is 0 Å². The third kappa shape index (κ3) is 5.07. The maximum atomic E-state index is 12.6. The van der Waals surface area contributed by atoms with Crippen LogP contribution in [0.15, 0.2) is 71.6 Å². The number of carbonyl (C=O) groups is 1. The molecule has 1 amide bonds. The molecule has 1 atom stereocenters. The van der Waals surface area contributed by atoms with E-state index in [4.69, 9.17) is 0 Å². The monoisotopic (exact) mass is 422 g/mol. The van der Waals surface area contributed by atoms with Gasteiger partial charge in [0.2, 0.25) is 0 Å². The lowest BCUT2D eigenvalue weighted by atomic mass is 10.00. The van der Waals surface area contributed by atoms with E-state index >= 15 is 0 Å². The number of amides is 1. The fourth-order valence-corrected chi connectivity index (χ4v) is 4.35. The number of carbonyl (C=O) groups excluding carboxylic acids is 1. The number of hydrogen-bond donors (Lipinski definition) is 2. The highest BCUT2D eigenvalue weighted by Crippen LogP contribution is 2.20. The molecule has 0 aliphatic carbocycles. The van der Waals surface area contributed by atoms with Crippen LogP contribution in [0, 0.1) is 20.8 Å². The summed E-state index contributed by atoms with van der Waals surface area (Å²) in [5, 5.41) is 2.99. The van der Waals surface area contributed by atoms with Crippen LogP contribution >= 0.6 is 0 Å². The van der Waals surface area contributed by atoms with Gasteiger partial charge in [-0.25, -0.2) is 8.42 Å². The molecule has 0 radical (unpaired) electrons. The summed E-state index contributed by atoms with van der Waals surface area (Å²) in [5.41, 5.74) is 5.22. The van der Waals surface area contributed by atoms with E-state index in [9.17, 15) is 13.2 Å². The van der Waals surface area contributed by atoms with Crippen LogP contribution in [-0.4, -0.2) is 14.3 Å². The molecule has 0 bridgehead atoms. The largest absolute Gasteiger partial charge is 0.346 e. The predicted octanol–water partition coefficient (Wildman–Crippen LogP) is 4.90. The normalized spacial score (nSPS) is 12.3. The summed E-state index contributed by atoms with van der Waals surface area (Å²) in [6.45, 7) is 7.91. The fraction of sp³-hybridized carbons (Fsp3) is 0.208. The first-order chi connectivity index (χ1) is 14.2. The van der Waals surface area contributed by atoms with Crippen LogP contribution in [0.3, 0.4) is 0 Å². The van der Waals surface area contributed by atoms with Gasteiger partial charge in [0, 0.05) is 11.3 Å². The first-order valence-corrected chi connectivity index (χ1v) is 11.2. The van der Waals surface area contributed by atoms with Crippen LogP contribution in [-0.2, 0) is 10.0 Å². The third-order valence-electron chi connectivity index (χ3n) is 4.97. The van der Waals surface area contributed by atoms with E-state index in [1.54, 1.807) is 48.5 Å². The Morgan fingerprint density at radius 2 is 1.43 bits per heavy atom. The Labute approximate surface area is 178 Å². The Kier molecular flexibility index (Phi) is 6.27. The number of sulfonamides is 1. The predicted molar refractivity (Wildman–Crippen MR) is 120 cm³/mol. The maximum Gasteiger partial charge on any atom is 0.261 e. The first kappa shape index (κ1) is 21.6. The average Bonchev–Trinajstić information content (AvgIpc) is 2.68. The second kappa shape index (κ2) is 8.71. The molecule has 2 N–H and O–H groups in total. The minimum Gasteiger partial charge on any atom is -0.346 e. The Balaban J connectivity index is 1.69. The number of nitrogens with one attached hydrogen (secondary N) is 2. The molecule has 0 saturated heterocycles. The molecule has 0 aliphatic heterocycles. The molecule has 0 heterocycles. The summed E-state index contributed by atoms with van der Waals surface area (Å²) in [7, 11) is -3.68. The molecular formula is C24H26N2O3S.